The maximum Gasteiger partial charge on any atom is 0.116 e. The molecule has 0 spiro atoms. The molecule has 15 heavy (non-hydrogen) atoms. The van der Waals surface area contributed by atoms with Gasteiger partial charge in [0.25, 0.3) is 0 Å². The van der Waals surface area contributed by atoms with Crippen molar-refractivity contribution in [2.75, 3.05) is 0 Å². The van der Waals surface area contributed by atoms with E-state index >= 15 is 0 Å². The van der Waals surface area contributed by atoms with Crippen molar-refractivity contribution in [3.8, 4) is 32.3 Å². The van der Waals surface area contributed by atoms with E-state index in [0.29, 0.717) is 11.4 Å². The molecule has 0 aromatic carbocycles. The molecule has 0 bridgehead atoms. The van der Waals surface area contributed by atoms with Crippen LogP contribution in [0.4, 0.5) is 0 Å². The number of pyridine rings is 1. The summed E-state index contributed by atoms with van der Waals surface area (Å²) >= 11 is 9.08. The molecule has 4 heteroatoms. The predicted octanol–water partition coefficient (Wildman–Crippen LogP) is 3.19. The molecular weight excluding hydrogens is 386 g/mol. The average molecular weight is 388 g/mol. The molecule has 72 valence electrons. The Morgan fingerprint density at radius 2 is 1.27 bits per heavy atom. The molecule has 1 nitrogen and oxygen atoms in total. The van der Waals surface area contributed by atoms with Crippen LogP contribution >= 0.6 is 47.8 Å². The second-order valence-electron chi connectivity index (χ2n) is 2.28. The molecule has 0 aliphatic carbocycles. The molecule has 0 saturated carbocycles. The second kappa shape index (κ2) is 6.70. The summed E-state index contributed by atoms with van der Waals surface area (Å²) in [5.74, 6) is 8.45. The molecule has 0 atom stereocenters. The Kier molecular flexibility index (Phi) is 5.51. The lowest BCUT2D eigenvalue weighted by molar-refractivity contribution is 1.24. The third-order valence-electron chi connectivity index (χ3n) is 1.37. The first-order valence-electron chi connectivity index (χ1n) is 3.67. The molecule has 1 rings (SSSR count). The van der Waals surface area contributed by atoms with Gasteiger partial charge in [-0.1, -0.05) is 5.92 Å². The van der Waals surface area contributed by atoms with Crippen LogP contribution in [0, 0.1) is 32.3 Å². The lowest BCUT2D eigenvalue weighted by atomic mass is 10.2. The van der Waals surface area contributed by atoms with Crippen molar-refractivity contribution in [2.45, 2.75) is 0 Å². The van der Waals surface area contributed by atoms with Crippen molar-refractivity contribution in [3.63, 3.8) is 0 Å². The summed E-state index contributed by atoms with van der Waals surface area (Å²) in [7, 11) is 0. The largest absolute Gasteiger partial charge is 0.231 e. The highest BCUT2D eigenvalue weighted by Crippen LogP contribution is 2.04. The summed E-state index contributed by atoms with van der Waals surface area (Å²) < 4.78 is 0. The monoisotopic (exact) mass is 385 g/mol. The van der Waals surface area contributed by atoms with Crippen LogP contribution in [0.5, 0.6) is 0 Å². The minimum atomic E-state index is 0.630. The molecule has 0 aliphatic heterocycles. The third kappa shape index (κ3) is 4.10. The van der Waals surface area contributed by atoms with Gasteiger partial charge in [-0.15, -0.1) is 0 Å². The van der Waals surface area contributed by atoms with Crippen molar-refractivity contribution in [1.82, 2.24) is 4.98 Å². The molecular formula is C11H2Br3N. The van der Waals surface area contributed by atoms with Gasteiger partial charge in [0.1, 0.15) is 11.4 Å². The summed E-state index contributed by atoms with van der Waals surface area (Å²) in [6.45, 7) is 0. The highest BCUT2D eigenvalue weighted by Gasteiger charge is 1.97. The lowest BCUT2D eigenvalue weighted by Crippen LogP contribution is -1.90. The predicted molar refractivity (Wildman–Crippen MR) is 71.7 cm³/mol. The Labute approximate surface area is 113 Å². The molecule has 1 aromatic heterocycles. The number of rotatable bonds is 0. The van der Waals surface area contributed by atoms with Gasteiger partial charge in [0.2, 0.25) is 0 Å². The summed E-state index contributed by atoms with van der Waals surface area (Å²) in [6.07, 6.45) is 0. The van der Waals surface area contributed by atoms with Crippen LogP contribution in [0.15, 0.2) is 12.1 Å². The molecule has 0 saturated heterocycles. The smallest absolute Gasteiger partial charge is 0.116 e. The SMILES string of the molecule is BrC#Cc1cc(C#CBr)nc(C#CBr)c1. The lowest BCUT2D eigenvalue weighted by Gasteiger charge is -1.95. The Morgan fingerprint density at radius 1 is 0.800 bits per heavy atom. The zero-order valence-electron chi connectivity index (χ0n) is 7.24. The van der Waals surface area contributed by atoms with Crippen molar-refractivity contribution in [2.24, 2.45) is 0 Å². The highest BCUT2D eigenvalue weighted by molar-refractivity contribution is 9.12. The standard InChI is InChI=1S/C11H2Br3N/c12-4-1-9-7-10(2-5-13)15-11(8-9)3-6-14/h7-8H. The molecule has 1 aromatic rings. The topological polar surface area (TPSA) is 12.9 Å². The molecule has 1 heterocycles. The molecule has 0 N–H and O–H groups in total. The van der Waals surface area contributed by atoms with Gasteiger partial charge in [0.05, 0.1) is 0 Å². The van der Waals surface area contributed by atoms with Crippen LogP contribution in [-0.4, -0.2) is 4.98 Å². The van der Waals surface area contributed by atoms with E-state index in [-0.39, 0.29) is 0 Å². The first-order valence-corrected chi connectivity index (χ1v) is 6.05. The zero-order chi connectivity index (χ0) is 11.1. The maximum atomic E-state index is 4.20. The van der Waals surface area contributed by atoms with Crippen LogP contribution in [0.3, 0.4) is 0 Å². The second-order valence-corrected chi connectivity index (χ2v) is 3.47. The molecule has 0 amide bonds. The molecule has 0 fully saturated rings. The zero-order valence-corrected chi connectivity index (χ0v) is 12.0. The van der Waals surface area contributed by atoms with Crippen molar-refractivity contribution < 1.29 is 0 Å². The quantitative estimate of drug-likeness (QED) is 0.623. The van der Waals surface area contributed by atoms with Gasteiger partial charge in [0.15, 0.2) is 0 Å². The van der Waals surface area contributed by atoms with Crippen LogP contribution in [-0.2, 0) is 0 Å². The Morgan fingerprint density at radius 3 is 1.67 bits per heavy atom. The van der Waals surface area contributed by atoms with E-state index < -0.39 is 0 Å². The van der Waals surface area contributed by atoms with Gasteiger partial charge in [-0.25, -0.2) is 4.98 Å². The van der Waals surface area contributed by atoms with Crippen molar-refractivity contribution >= 4 is 47.8 Å². The normalized spacial score (nSPS) is 7.40. The number of hydrogen-bond acceptors (Lipinski definition) is 1. The van der Waals surface area contributed by atoms with E-state index in [1.807, 2.05) is 0 Å². The molecule has 0 aliphatic rings. The molecule has 0 unspecified atom stereocenters. The first kappa shape index (κ1) is 12.3. The van der Waals surface area contributed by atoms with Crippen LogP contribution < -0.4 is 0 Å². The van der Waals surface area contributed by atoms with E-state index in [1.165, 1.54) is 0 Å². The van der Waals surface area contributed by atoms with E-state index in [4.69, 9.17) is 0 Å². The Hall–Kier alpha value is -0.730. The van der Waals surface area contributed by atoms with E-state index in [1.54, 1.807) is 12.1 Å². The Balaban J connectivity index is 3.31. The molecule has 0 radical (unpaired) electrons. The van der Waals surface area contributed by atoms with E-state index in [2.05, 4.69) is 85.0 Å². The fourth-order valence-electron chi connectivity index (χ4n) is 0.882. The van der Waals surface area contributed by atoms with Crippen molar-refractivity contribution in [1.29, 1.82) is 0 Å². The van der Waals surface area contributed by atoms with E-state index in [0.717, 1.165) is 5.56 Å². The van der Waals surface area contributed by atoms with Crippen LogP contribution in [0.2, 0.25) is 0 Å². The number of hydrogen-bond donors (Lipinski definition) is 0. The van der Waals surface area contributed by atoms with Crippen LogP contribution in [0.25, 0.3) is 0 Å². The summed E-state index contributed by atoms with van der Waals surface area (Å²) in [5.41, 5.74) is 2.08. The minimum absolute atomic E-state index is 0.630. The number of halogens is 3. The maximum absolute atomic E-state index is 4.20. The average Bonchev–Trinajstić information content (AvgIpc) is 2.19. The van der Waals surface area contributed by atoms with Crippen LogP contribution in [0.1, 0.15) is 17.0 Å². The fourth-order valence-corrected chi connectivity index (χ4v) is 1.52. The van der Waals surface area contributed by atoms with E-state index in [9.17, 15) is 0 Å². The van der Waals surface area contributed by atoms with Gasteiger partial charge in [-0.2, -0.15) is 0 Å². The summed E-state index contributed by atoms with van der Waals surface area (Å²) in [5, 5.41) is 0. The first-order chi connectivity index (χ1) is 7.30. The van der Waals surface area contributed by atoms with Gasteiger partial charge in [0, 0.05) is 53.4 Å². The minimum Gasteiger partial charge on any atom is -0.231 e. The number of nitrogens with zero attached hydrogens (tertiary/aromatic N) is 1. The van der Waals surface area contributed by atoms with Crippen molar-refractivity contribution in [3.05, 3.63) is 29.1 Å². The third-order valence-corrected chi connectivity index (χ3v) is 1.96. The number of aromatic nitrogens is 1. The van der Waals surface area contributed by atoms with Gasteiger partial charge >= 0.3 is 0 Å². The highest BCUT2D eigenvalue weighted by atomic mass is 79.9. The van der Waals surface area contributed by atoms with Gasteiger partial charge in [-0.3, -0.25) is 0 Å². The van der Waals surface area contributed by atoms with Gasteiger partial charge < -0.3 is 0 Å². The summed E-state index contributed by atoms with van der Waals surface area (Å²) in [4.78, 5) is 12.0. The Bertz CT molecular complexity index is 451. The fraction of sp³-hybridized carbons (Fsp3) is 0. The summed E-state index contributed by atoms with van der Waals surface area (Å²) in [6, 6.07) is 3.59. The van der Waals surface area contributed by atoms with Gasteiger partial charge in [-0.05, 0) is 38.5 Å².